The predicted molar refractivity (Wildman–Crippen MR) is 358 cm³/mol. The minimum absolute atomic E-state index is 0.103. The zero-order valence-corrected chi connectivity index (χ0v) is 54.4. The third kappa shape index (κ3) is 20.9. The Morgan fingerprint density at radius 3 is 1.24 bits per heavy atom. The molecule has 0 bridgehead atoms. The standard InChI is InChI=1S/C14H10FN5O3.C13H10FN5O2.C13H8FN5O2.C12H7ClFN5O.C6H5ClN4.C4H8O.CH3F/c1-23-14(22)9-2-3-12-17-11(7-20(12)19-9)18-13(21)8-4-5-16-10(15)6-8;2*14-10-5-8(3-4-15-10)13(21)17-11-6-19-12(16-11)2-1-9(7-20)18-19;13-8-1-2-11-16-10(6-19(11)18-8)17-12(20)7-3-4-15-9(14)5-7;7-4-1-2-6-9-5(8)3-11(6)10-4;1-2-4-5-3-1;1-2/h2-7H,1H3,(H,18,21);1-6,20H,7H2,(H,17,21);1-7H,(H,17,21);1-6H,(H,17,20);1-3H,8H2;1-4H2;1H3/i;;;;;;1D. The fraction of sp³-hybridized carbons (Fsp3) is 0.111. The minimum Gasteiger partial charge on any atom is -0.464 e. The van der Waals surface area contributed by atoms with E-state index >= 15 is 0 Å². The molecule has 526 valence electrons. The van der Waals surface area contributed by atoms with Crippen molar-refractivity contribution in [3.8, 4) is 0 Å². The molecule has 15 heterocycles. The number of aromatic nitrogens is 19. The molecule has 1 aliphatic rings. The Bertz CT molecular complexity index is 5370. The van der Waals surface area contributed by atoms with Crippen LogP contribution in [-0.4, -0.2) is 161 Å². The number of aldehydes is 1. The summed E-state index contributed by atoms with van der Waals surface area (Å²) in [4.78, 5) is 104. The Kier molecular flexibility index (Phi) is 24.9. The number of rotatable bonds is 11. The number of nitrogens with zero attached hydrogens (tertiary/aromatic N) is 19. The van der Waals surface area contributed by atoms with Crippen molar-refractivity contribution in [2.24, 2.45) is 0 Å². The zero-order valence-electron chi connectivity index (χ0n) is 53.8. The van der Waals surface area contributed by atoms with Crippen molar-refractivity contribution in [2.45, 2.75) is 19.4 Å². The summed E-state index contributed by atoms with van der Waals surface area (Å²) in [6, 6.07) is 25.8. The highest BCUT2D eigenvalue weighted by molar-refractivity contribution is 6.29. The molecule has 1 saturated heterocycles. The maximum absolute atomic E-state index is 13.0. The van der Waals surface area contributed by atoms with Crippen LogP contribution in [0.4, 0.5) is 51.0 Å². The number of amides is 4. The number of carbonyl (C=O) groups excluding carboxylic acids is 6. The highest BCUT2D eigenvalue weighted by atomic mass is 35.5. The number of imidazole rings is 5. The van der Waals surface area contributed by atoms with Gasteiger partial charge in [0.1, 0.15) is 21.8 Å². The maximum atomic E-state index is 13.0. The molecule has 14 aromatic heterocycles. The van der Waals surface area contributed by atoms with Gasteiger partial charge in [0.2, 0.25) is 23.8 Å². The molecule has 0 radical (unpaired) electrons. The van der Waals surface area contributed by atoms with Gasteiger partial charge in [-0.1, -0.05) is 23.2 Å². The van der Waals surface area contributed by atoms with Gasteiger partial charge in [0.05, 0.1) is 58.9 Å². The van der Waals surface area contributed by atoms with Crippen molar-refractivity contribution in [1.29, 1.82) is 0 Å². The van der Waals surface area contributed by atoms with E-state index in [1.165, 1.54) is 129 Å². The number of alkyl halides is 1. The van der Waals surface area contributed by atoms with Gasteiger partial charge in [0.15, 0.2) is 63.5 Å². The SMILES string of the molecule is C1CCOC1.COC(=O)c1ccc2nc(NC(=O)c3ccnc(F)c3)cn2n1.Nc1cn2nc(Cl)ccc2n1.O=C(Nc1cn2nc(CO)ccc2n1)c1ccnc(F)c1.O=C(Nc1cn2nc(Cl)ccc2n1)c1ccnc(F)c1.O=Cc1ccc2nc(NC(=O)c3ccnc(F)c3)cn2n1.[2H]CF. The second-order valence-corrected chi connectivity index (χ2v) is 20.9. The number of carbonyl (C=O) groups is 6. The van der Waals surface area contributed by atoms with Crippen molar-refractivity contribution in [2.75, 3.05) is 54.5 Å². The molecule has 33 nitrogen and oxygen atoms in total. The Hall–Kier alpha value is -13.3. The Labute approximate surface area is 586 Å². The van der Waals surface area contributed by atoms with Crippen LogP contribution in [0, 0.1) is 23.8 Å². The third-order valence-corrected chi connectivity index (χ3v) is 13.5. The van der Waals surface area contributed by atoms with Crippen molar-refractivity contribution in [1.82, 2.24) is 92.9 Å². The zero-order chi connectivity index (χ0) is 74.2. The monoisotopic (exact) mass is 1450 g/mol. The molecule has 0 aromatic carbocycles. The summed E-state index contributed by atoms with van der Waals surface area (Å²) < 4.78 is 84.0. The van der Waals surface area contributed by atoms with Crippen LogP contribution < -0.4 is 27.0 Å². The lowest BCUT2D eigenvalue weighted by molar-refractivity contribution is 0.0591. The van der Waals surface area contributed by atoms with E-state index < -0.39 is 60.5 Å². The number of aliphatic hydroxyl groups is 1. The van der Waals surface area contributed by atoms with Crippen LogP contribution in [0.15, 0.2) is 165 Å². The molecule has 0 spiro atoms. The van der Waals surface area contributed by atoms with Gasteiger partial charge < -0.3 is 41.6 Å². The number of anilines is 5. The van der Waals surface area contributed by atoms with Crippen molar-refractivity contribution in [3.05, 3.63) is 238 Å². The number of hydrogen-bond donors (Lipinski definition) is 6. The fourth-order valence-electron chi connectivity index (χ4n) is 8.48. The number of nitrogens with one attached hydrogen (secondary N) is 4. The van der Waals surface area contributed by atoms with Gasteiger partial charge in [-0.2, -0.15) is 43.1 Å². The number of aliphatic hydroxyl groups excluding tert-OH is 1. The van der Waals surface area contributed by atoms with E-state index in [0.29, 0.717) is 62.2 Å². The molecule has 0 unspecified atom stereocenters. The topological polar surface area (TPSA) is 418 Å². The molecule has 1 fully saturated rings. The number of nitrogen functional groups attached to an aromatic ring is 1. The van der Waals surface area contributed by atoms with Crippen LogP contribution >= 0.6 is 23.2 Å². The lowest BCUT2D eigenvalue weighted by atomic mass is 10.2. The molecule has 15 rings (SSSR count). The van der Waals surface area contributed by atoms with Crippen LogP contribution in [0.1, 0.15) is 82.3 Å². The van der Waals surface area contributed by atoms with E-state index in [-0.39, 0.29) is 57.7 Å². The second-order valence-electron chi connectivity index (χ2n) is 20.2. The number of halogens is 7. The first-order valence-electron chi connectivity index (χ1n) is 30.0. The quantitative estimate of drug-likeness (QED) is 0.0308. The lowest BCUT2D eigenvalue weighted by Gasteiger charge is -2.00. The lowest BCUT2D eigenvalue weighted by Crippen LogP contribution is -2.12. The maximum Gasteiger partial charge on any atom is 0.358 e. The molecule has 103 heavy (non-hydrogen) atoms. The summed E-state index contributed by atoms with van der Waals surface area (Å²) in [5.74, 6) is -4.10. The van der Waals surface area contributed by atoms with E-state index in [0.717, 1.165) is 37.5 Å². The van der Waals surface area contributed by atoms with E-state index in [1.54, 1.807) is 54.7 Å². The fourth-order valence-corrected chi connectivity index (χ4v) is 8.77. The Morgan fingerprint density at radius 1 is 0.524 bits per heavy atom. The summed E-state index contributed by atoms with van der Waals surface area (Å²) >= 11 is 11.4. The number of nitrogens with two attached hydrogens (primary N) is 1. The molecule has 0 saturated carbocycles. The average molecular weight is 1460 g/mol. The Morgan fingerprint density at radius 2 is 0.874 bits per heavy atom. The van der Waals surface area contributed by atoms with Crippen LogP contribution in [0.3, 0.4) is 0 Å². The molecular weight excluding hydrogens is 1400 g/mol. The molecule has 7 N–H and O–H groups in total. The summed E-state index contributed by atoms with van der Waals surface area (Å²) in [7, 11) is 0.252. The molecule has 14 aromatic rings. The van der Waals surface area contributed by atoms with Crippen LogP contribution in [0.25, 0.3) is 28.2 Å². The summed E-state index contributed by atoms with van der Waals surface area (Å²) in [6.45, 7) is 1.81. The smallest absolute Gasteiger partial charge is 0.358 e. The molecular formula is C63H51Cl2F5N24O9. The van der Waals surface area contributed by atoms with E-state index in [9.17, 15) is 50.7 Å². The van der Waals surface area contributed by atoms with Gasteiger partial charge in [0.25, 0.3) is 23.6 Å². The second kappa shape index (κ2) is 35.4. The first kappa shape index (κ1) is 72.4. The van der Waals surface area contributed by atoms with Gasteiger partial charge in [-0.25, -0.2) is 72.2 Å². The van der Waals surface area contributed by atoms with E-state index in [1.807, 2.05) is 0 Å². The van der Waals surface area contributed by atoms with Crippen molar-refractivity contribution >= 4 is 116 Å². The highest BCUT2D eigenvalue weighted by Gasteiger charge is 2.17. The predicted octanol–water partition coefficient (Wildman–Crippen LogP) is 8.16. The van der Waals surface area contributed by atoms with Gasteiger partial charge in [-0.3, -0.25) is 28.4 Å². The molecule has 4 amide bonds. The largest absolute Gasteiger partial charge is 0.464 e. The molecule has 40 heteroatoms. The van der Waals surface area contributed by atoms with E-state index in [2.05, 4.69) is 96.4 Å². The summed E-state index contributed by atoms with van der Waals surface area (Å²) in [6.07, 6.45) is 15.5. The van der Waals surface area contributed by atoms with Gasteiger partial charge in [-0.15, -0.1) is 0 Å². The van der Waals surface area contributed by atoms with Gasteiger partial charge >= 0.3 is 5.97 Å². The van der Waals surface area contributed by atoms with Gasteiger partial charge in [0, 0.05) is 84.5 Å². The van der Waals surface area contributed by atoms with E-state index in [4.69, 9.17) is 40.1 Å². The normalized spacial score (nSPS) is 11.3. The van der Waals surface area contributed by atoms with Gasteiger partial charge in [-0.05, 0) is 97.8 Å². The van der Waals surface area contributed by atoms with Crippen molar-refractivity contribution < 1.29 is 66.7 Å². The first-order chi connectivity index (χ1) is 50.1. The van der Waals surface area contributed by atoms with Crippen LogP contribution in [0.5, 0.6) is 0 Å². The summed E-state index contributed by atoms with van der Waals surface area (Å²) in [5, 5.41) is 39.9. The first-order valence-corrected chi connectivity index (χ1v) is 30.1. The molecule has 1 aliphatic heterocycles. The number of pyridine rings is 4. The van der Waals surface area contributed by atoms with Crippen LogP contribution in [-0.2, 0) is 16.1 Å². The number of ether oxygens (including phenoxy) is 2. The van der Waals surface area contributed by atoms with Crippen LogP contribution in [0.2, 0.25) is 10.3 Å². The average Bonchev–Trinajstić information content (AvgIpc) is 1.69. The minimum atomic E-state index is -1.00. The Balaban J connectivity index is 0.000000148. The summed E-state index contributed by atoms with van der Waals surface area (Å²) in [5.41, 5.74) is 9.43. The number of hydrogen-bond acceptors (Lipinski definition) is 24. The number of methoxy groups -OCH3 is 1. The molecule has 0 atom stereocenters. The molecule has 0 aliphatic carbocycles. The van der Waals surface area contributed by atoms with Crippen molar-refractivity contribution in [3.63, 3.8) is 0 Å². The third-order valence-electron chi connectivity index (χ3n) is 13.1. The highest BCUT2D eigenvalue weighted by Crippen LogP contribution is 2.17. The number of fused-ring (bicyclic) bond motifs is 5. The number of esters is 1.